The van der Waals surface area contributed by atoms with E-state index in [1.165, 1.54) is 0 Å². The molecule has 4 heteroatoms. The van der Waals surface area contributed by atoms with E-state index in [-0.39, 0.29) is 6.61 Å². The van der Waals surface area contributed by atoms with E-state index in [9.17, 15) is 5.11 Å². The molecule has 1 unspecified atom stereocenters. The molecule has 0 aliphatic carbocycles. The molecule has 0 aliphatic rings. The zero-order chi connectivity index (χ0) is 14.2. The number of aliphatic hydroxyl groups is 1. The lowest BCUT2D eigenvalue weighted by Crippen LogP contribution is -2.31. The van der Waals surface area contributed by atoms with Gasteiger partial charge in [-0.25, -0.2) is 0 Å². The monoisotopic (exact) mass is 291 g/mol. The Balaban J connectivity index is 1.66. The Morgan fingerprint density at radius 3 is 2.65 bits per heavy atom. The van der Waals surface area contributed by atoms with Gasteiger partial charge >= 0.3 is 0 Å². The van der Waals surface area contributed by atoms with Crippen LogP contribution in [0.15, 0.2) is 54.6 Å². The molecule has 0 fully saturated rings. The fourth-order valence-corrected chi connectivity index (χ4v) is 2.01. The molecule has 2 aromatic rings. The molecule has 0 spiro atoms. The van der Waals surface area contributed by atoms with E-state index in [1.807, 2.05) is 54.6 Å². The minimum absolute atomic E-state index is 0.270. The average molecular weight is 292 g/mol. The number of aliphatic hydroxyl groups excluding tert-OH is 1. The predicted octanol–water partition coefficient (Wildman–Crippen LogP) is 2.87. The van der Waals surface area contributed by atoms with Gasteiger partial charge in [0.2, 0.25) is 0 Å². The highest BCUT2D eigenvalue weighted by molar-refractivity contribution is 6.30. The van der Waals surface area contributed by atoms with Crippen molar-refractivity contribution in [3.05, 3.63) is 65.2 Å². The van der Waals surface area contributed by atoms with Gasteiger partial charge in [-0.05, 0) is 29.8 Å². The van der Waals surface area contributed by atoms with Crippen LogP contribution in [-0.2, 0) is 6.54 Å². The largest absolute Gasteiger partial charge is 0.491 e. The van der Waals surface area contributed by atoms with Crippen LogP contribution in [0.4, 0.5) is 0 Å². The van der Waals surface area contributed by atoms with Crippen LogP contribution in [-0.4, -0.2) is 24.4 Å². The predicted molar refractivity (Wildman–Crippen MR) is 81.1 cm³/mol. The zero-order valence-corrected chi connectivity index (χ0v) is 11.9. The van der Waals surface area contributed by atoms with Gasteiger partial charge in [-0.3, -0.25) is 0 Å². The fraction of sp³-hybridized carbons (Fsp3) is 0.250. The van der Waals surface area contributed by atoms with Crippen molar-refractivity contribution in [2.75, 3.05) is 13.2 Å². The summed E-state index contributed by atoms with van der Waals surface area (Å²) in [5, 5.41) is 13.7. The molecule has 20 heavy (non-hydrogen) atoms. The molecule has 0 saturated heterocycles. The van der Waals surface area contributed by atoms with Gasteiger partial charge in [-0.1, -0.05) is 41.9 Å². The number of halogens is 1. The van der Waals surface area contributed by atoms with Gasteiger partial charge in [0.15, 0.2) is 0 Å². The van der Waals surface area contributed by atoms with Crippen LogP contribution in [0.25, 0.3) is 0 Å². The summed E-state index contributed by atoms with van der Waals surface area (Å²) in [5.74, 6) is 0.765. The Morgan fingerprint density at radius 2 is 1.90 bits per heavy atom. The summed E-state index contributed by atoms with van der Waals surface area (Å²) in [6.45, 7) is 1.41. The first-order valence-electron chi connectivity index (χ1n) is 6.55. The summed E-state index contributed by atoms with van der Waals surface area (Å²) in [5.41, 5.74) is 1.09. The Bertz CT molecular complexity index is 519. The Morgan fingerprint density at radius 1 is 1.10 bits per heavy atom. The summed E-state index contributed by atoms with van der Waals surface area (Å²) in [6, 6.07) is 17.1. The summed E-state index contributed by atoms with van der Waals surface area (Å²) in [6.07, 6.45) is -0.547. The van der Waals surface area contributed by atoms with Gasteiger partial charge in [0.1, 0.15) is 18.5 Å². The van der Waals surface area contributed by atoms with E-state index >= 15 is 0 Å². The quantitative estimate of drug-likeness (QED) is 0.824. The topological polar surface area (TPSA) is 41.5 Å². The lowest BCUT2D eigenvalue weighted by molar-refractivity contribution is 0.106. The van der Waals surface area contributed by atoms with Gasteiger partial charge in [-0.2, -0.15) is 0 Å². The lowest BCUT2D eigenvalue weighted by atomic mass is 10.2. The number of hydrogen-bond acceptors (Lipinski definition) is 3. The molecule has 0 bridgehead atoms. The molecule has 106 valence electrons. The van der Waals surface area contributed by atoms with Crippen LogP contribution in [0.2, 0.25) is 5.02 Å². The summed E-state index contributed by atoms with van der Waals surface area (Å²) in [4.78, 5) is 0. The Hall–Kier alpha value is -1.55. The molecule has 2 N–H and O–H groups in total. The van der Waals surface area contributed by atoms with Crippen LogP contribution in [0.1, 0.15) is 5.56 Å². The highest BCUT2D eigenvalue weighted by Gasteiger charge is 2.05. The lowest BCUT2D eigenvalue weighted by Gasteiger charge is -2.13. The molecule has 0 saturated carbocycles. The molecule has 1 atom stereocenters. The second-order valence-corrected chi connectivity index (χ2v) is 4.98. The fourth-order valence-electron chi connectivity index (χ4n) is 1.80. The standard InChI is InChI=1S/C16H18ClNO2/c17-14-6-4-5-13(9-14)10-18-11-15(19)12-20-16-7-2-1-3-8-16/h1-9,15,18-19H,10-12H2. The minimum Gasteiger partial charge on any atom is -0.491 e. The second-order valence-electron chi connectivity index (χ2n) is 4.54. The molecule has 0 aliphatic heterocycles. The minimum atomic E-state index is -0.547. The smallest absolute Gasteiger partial charge is 0.119 e. The molecular weight excluding hydrogens is 274 g/mol. The molecule has 2 rings (SSSR count). The van der Waals surface area contributed by atoms with Crippen LogP contribution in [0, 0.1) is 0 Å². The summed E-state index contributed by atoms with van der Waals surface area (Å²) < 4.78 is 5.48. The molecule has 3 nitrogen and oxygen atoms in total. The third kappa shape index (κ3) is 5.21. The average Bonchev–Trinajstić information content (AvgIpc) is 2.46. The van der Waals surface area contributed by atoms with E-state index in [0.717, 1.165) is 16.3 Å². The number of rotatable bonds is 7. The number of hydrogen-bond donors (Lipinski definition) is 2. The van der Waals surface area contributed by atoms with Gasteiger partial charge < -0.3 is 15.2 Å². The number of benzene rings is 2. The van der Waals surface area contributed by atoms with Gasteiger partial charge in [0.05, 0.1) is 0 Å². The van der Waals surface area contributed by atoms with Crippen LogP contribution < -0.4 is 10.1 Å². The number of ether oxygens (including phenoxy) is 1. The van der Waals surface area contributed by atoms with Gasteiger partial charge in [-0.15, -0.1) is 0 Å². The van der Waals surface area contributed by atoms with E-state index in [1.54, 1.807) is 0 Å². The normalized spacial score (nSPS) is 12.1. The second kappa shape index (κ2) is 7.90. The van der Waals surface area contributed by atoms with E-state index in [4.69, 9.17) is 16.3 Å². The molecule has 0 heterocycles. The Kier molecular flexibility index (Phi) is 5.87. The molecule has 2 aromatic carbocycles. The van der Waals surface area contributed by atoms with E-state index < -0.39 is 6.10 Å². The molecular formula is C16H18ClNO2. The van der Waals surface area contributed by atoms with Gasteiger partial charge in [0, 0.05) is 18.1 Å². The first-order valence-corrected chi connectivity index (χ1v) is 6.93. The first kappa shape index (κ1) is 14.9. The molecule has 0 amide bonds. The van der Waals surface area contributed by atoms with Crippen molar-refractivity contribution in [3.8, 4) is 5.75 Å². The maximum Gasteiger partial charge on any atom is 0.119 e. The highest BCUT2D eigenvalue weighted by Crippen LogP contribution is 2.10. The van der Waals surface area contributed by atoms with Crippen molar-refractivity contribution >= 4 is 11.6 Å². The van der Waals surface area contributed by atoms with Crippen molar-refractivity contribution in [1.29, 1.82) is 0 Å². The van der Waals surface area contributed by atoms with Gasteiger partial charge in [0.25, 0.3) is 0 Å². The van der Waals surface area contributed by atoms with Crippen molar-refractivity contribution in [3.63, 3.8) is 0 Å². The summed E-state index contributed by atoms with van der Waals surface area (Å²) >= 11 is 5.91. The SMILES string of the molecule is OC(CNCc1cccc(Cl)c1)COc1ccccc1. The molecule has 0 aromatic heterocycles. The van der Waals surface area contributed by atoms with Crippen molar-refractivity contribution < 1.29 is 9.84 Å². The number of para-hydroxylation sites is 1. The third-order valence-electron chi connectivity index (χ3n) is 2.78. The van der Waals surface area contributed by atoms with Crippen molar-refractivity contribution in [2.24, 2.45) is 0 Å². The van der Waals surface area contributed by atoms with Crippen molar-refractivity contribution in [2.45, 2.75) is 12.6 Å². The maximum absolute atomic E-state index is 9.83. The van der Waals surface area contributed by atoms with Crippen LogP contribution in [0.3, 0.4) is 0 Å². The first-order chi connectivity index (χ1) is 9.74. The van der Waals surface area contributed by atoms with Crippen molar-refractivity contribution in [1.82, 2.24) is 5.32 Å². The maximum atomic E-state index is 9.83. The molecule has 0 radical (unpaired) electrons. The van der Waals surface area contributed by atoms with E-state index in [0.29, 0.717) is 13.1 Å². The van der Waals surface area contributed by atoms with Crippen LogP contribution >= 0.6 is 11.6 Å². The third-order valence-corrected chi connectivity index (χ3v) is 3.02. The van der Waals surface area contributed by atoms with Crippen LogP contribution in [0.5, 0.6) is 5.75 Å². The Labute approximate surface area is 124 Å². The summed E-state index contributed by atoms with van der Waals surface area (Å²) in [7, 11) is 0. The number of nitrogens with one attached hydrogen (secondary N) is 1. The zero-order valence-electron chi connectivity index (χ0n) is 11.1. The van der Waals surface area contributed by atoms with E-state index in [2.05, 4.69) is 5.32 Å². The highest BCUT2D eigenvalue weighted by atomic mass is 35.5.